The third kappa shape index (κ3) is 3.13. The Morgan fingerprint density at radius 3 is 2.79 bits per heavy atom. The van der Waals surface area contributed by atoms with E-state index in [4.69, 9.17) is 5.26 Å². The second-order valence-electron chi connectivity index (χ2n) is 5.80. The summed E-state index contributed by atoms with van der Waals surface area (Å²) < 4.78 is 0. The van der Waals surface area contributed by atoms with Crippen molar-refractivity contribution in [1.82, 2.24) is 0 Å². The Bertz CT molecular complexity index is 852. The van der Waals surface area contributed by atoms with Crippen LogP contribution in [-0.2, 0) is 4.79 Å². The van der Waals surface area contributed by atoms with Gasteiger partial charge >= 0.3 is 0 Å². The lowest BCUT2D eigenvalue weighted by Gasteiger charge is -2.19. The fraction of sp³-hybridized carbons (Fsp3) is 0.211. The number of nitriles is 1. The summed E-state index contributed by atoms with van der Waals surface area (Å²) in [4.78, 5) is 26.1. The number of carbonyl (C=O) groups is 2. The Kier molecular flexibility index (Phi) is 4.30. The minimum absolute atomic E-state index is 0.114. The molecule has 0 spiro atoms. The second kappa shape index (κ2) is 6.55. The van der Waals surface area contributed by atoms with Crippen molar-refractivity contribution >= 4 is 23.2 Å². The number of nitrogens with one attached hydrogen (secondary N) is 1. The molecular formula is C19H17N3O2. The number of benzene rings is 2. The standard InChI is InChI=1S/C19H17N3O2/c1-13-7-8-16(11-17(13)22-9-3-6-18(22)23)21-19(24)15-5-2-4-14(10-15)12-20/h2,4-5,7-8,10-11H,3,6,9H2,1H3,(H,21,24). The molecule has 0 unspecified atom stereocenters. The number of anilines is 2. The zero-order valence-electron chi connectivity index (χ0n) is 13.4. The number of hydrogen-bond donors (Lipinski definition) is 1. The number of aryl methyl sites for hydroxylation is 1. The summed E-state index contributed by atoms with van der Waals surface area (Å²) in [7, 11) is 0. The molecule has 0 saturated carbocycles. The van der Waals surface area contributed by atoms with Crippen molar-refractivity contribution in [3.8, 4) is 6.07 Å². The Morgan fingerprint density at radius 1 is 1.25 bits per heavy atom. The highest BCUT2D eigenvalue weighted by Crippen LogP contribution is 2.28. The van der Waals surface area contributed by atoms with E-state index in [0.717, 1.165) is 17.7 Å². The molecule has 2 aromatic carbocycles. The average Bonchev–Trinajstić information content (AvgIpc) is 3.02. The van der Waals surface area contributed by atoms with E-state index >= 15 is 0 Å². The molecule has 1 fully saturated rings. The summed E-state index contributed by atoms with van der Waals surface area (Å²) in [5, 5.41) is 11.8. The molecule has 3 rings (SSSR count). The molecule has 120 valence electrons. The van der Waals surface area contributed by atoms with Gasteiger partial charge < -0.3 is 10.2 Å². The minimum Gasteiger partial charge on any atom is -0.322 e. The van der Waals surface area contributed by atoms with Gasteiger partial charge in [0.05, 0.1) is 11.6 Å². The van der Waals surface area contributed by atoms with Crippen molar-refractivity contribution in [3.63, 3.8) is 0 Å². The molecule has 5 nitrogen and oxygen atoms in total. The fourth-order valence-corrected chi connectivity index (χ4v) is 2.81. The van der Waals surface area contributed by atoms with Gasteiger partial charge in [-0.2, -0.15) is 5.26 Å². The van der Waals surface area contributed by atoms with Gasteiger partial charge in [0.25, 0.3) is 5.91 Å². The molecule has 1 N–H and O–H groups in total. The summed E-state index contributed by atoms with van der Waals surface area (Å²) in [6.45, 7) is 2.66. The highest BCUT2D eigenvalue weighted by atomic mass is 16.2. The number of rotatable bonds is 3. The molecular weight excluding hydrogens is 302 g/mol. The first kappa shape index (κ1) is 15.8. The Morgan fingerprint density at radius 2 is 2.08 bits per heavy atom. The SMILES string of the molecule is Cc1ccc(NC(=O)c2cccc(C#N)c2)cc1N1CCCC1=O. The molecule has 0 aliphatic carbocycles. The number of nitrogens with zero attached hydrogens (tertiary/aromatic N) is 2. The molecule has 5 heteroatoms. The first-order valence-corrected chi connectivity index (χ1v) is 7.81. The predicted molar refractivity (Wildman–Crippen MR) is 91.9 cm³/mol. The van der Waals surface area contributed by atoms with Crippen LogP contribution in [0.25, 0.3) is 0 Å². The van der Waals surface area contributed by atoms with Crippen molar-refractivity contribution in [2.24, 2.45) is 0 Å². The maximum Gasteiger partial charge on any atom is 0.255 e. The lowest BCUT2D eigenvalue weighted by molar-refractivity contribution is -0.117. The fourth-order valence-electron chi connectivity index (χ4n) is 2.81. The minimum atomic E-state index is -0.283. The summed E-state index contributed by atoms with van der Waals surface area (Å²) in [6.07, 6.45) is 1.42. The van der Waals surface area contributed by atoms with Crippen molar-refractivity contribution < 1.29 is 9.59 Å². The molecule has 2 aromatic rings. The Hall–Kier alpha value is -3.13. The summed E-state index contributed by atoms with van der Waals surface area (Å²) in [5.74, 6) is -0.169. The van der Waals surface area contributed by atoms with Gasteiger partial charge in [-0.15, -0.1) is 0 Å². The molecule has 1 heterocycles. The second-order valence-corrected chi connectivity index (χ2v) is 5.80. The van der Waals surface area contributed by atoms with E-state index < -0.39 is 0 Å². The van der Waals surface area contributed by atoms with Crippen molar-refractivity contribution in [2.45, 2.75) is 19.8 Å². The quantitative estimate of drug-likeness (QED) is 0.944. The maximum absolute atomic E-state index is 12.4. The predicted octanol–water partition coefficient (Wildman–Crippen LogP) is 3.25. The zero-order chi connectivity index (χ0) is 17.1. The van der Waals surface area contributed by atoms with Crippen molar-refractivity contribution in [2.75, 3.05) is 16.8 Å². The molecule has 1 aliphatic rings. The van der Waals surface area contributed by atoms with Crippen LogP contribution >= 0.6 is 0 Å². The molecule has 0 aromatic heterocycles. The van der Waals surface area contributed by atoms with Gasteiger partial charge in [-0.1, -0.05) is 12.1 Å². The van der Waals surface area contributed by atoms with Crippen LogP contribution in [0.15, 0.2) is 42.5 Å². The van der Waals surface area contributed by atoms with Gasteiger partial charge in [0.1, 0.15) is 0 Å². The van der Waals surface area contributed by atoms with Crippen LogP contribution in [0.5, 0.6) is 0 Å². The van der Waals surface area contributed by atoms with Crippen LogP contribution in [-0.4, -0.2) is 18.4 Å². The van der Waals surface area contributed by atoms with E-state index in [9.17, 15) is 9.59 Å². The molecule has 0 bridgehead atoms. The highest BCUT2D eigenvalue weighted by Gasteiger charge is 2.23. The third-order valence-electron chi connectivity index (χ3n) is 4.09. The molecule has 0 atom stereocenters. The van der Waals surface area contributed by atoms with Crippen LogP contribution in [0.4, 0.5) is 11.4 Å². The van der Waals surface area contributed by atoms with Gasteiger partial charge in [0.15, 0.2) is 0 Å². The lowest BCUT2D eigenvalue weighted by atomic mass is 10.1. The van der Waals surface area contributed by atoms with Gasteiger partial charge in [0, 0.05) is 29.9 Å². The van der Waals surface area contributed by atoms with Crippen molar-refractivity contribution in [3.05, 3.63) is 59.2 Å². The first-order chi connectivity index (χ1) is 11.6. The van der Waals surface area contributed by atoms with E-state index in [0.29, 0.717) is 29.8 Å². The molecule has 24 heavy (non-hydrogen) atoms. The van der Waals surface area contributed by atoms with Gasteiger partial charge in [-0.25, -0.2) is 0 Å². The largest absolute Gasteiger partial charge is 0.322 e. The van der Waals surface area contributed by atoms with E-state index in [2.05, 4.69) is 5.32 Å². The van der Waals surface area contributed by atoms with E-state index in [1.165, 1.54) is 0 Å². The van der Waals surface area contributed by atoms with E-state index in [1.807, 2.05) is 31.2 Å². The van der Waals surface area contributed by atoms with Gasteiger partial charge in [-0.3, -0.25) is 9.59 Å². The smallest absolute Gasteiger partial charge is 0.255 e. The van der Waals surface area contributed by atoms with Crippen LogP contribution < -0.4 is 10.2 Å². The van der Waals surface area contributed by atoms with Crippen LogP contribution in [0.3, 0.4) is 0 Å². The number of carbonyl (C=O) groups excluding carboxylic acids is 2. The summed E-state index contributed by atoms with van der Waals surface area (Å²) in [5.41, 5.74) is 3.32. The maximum atomic E-state index is 12.4. The topological polar surface area (TPSA) is 73.2 Å². The lowest BCUT2D eigenvalue weighted by Crippen LogP contribution is -2.24. The third-order valence-corrected chi connectivity index (χ3v) is 4.09. The first-order valence-electron chi connectivity index (χ1n) is 7.81. The molecule has 1 saturated heterocycles. The number of amides is 2. The molecule has 1 aliphatic heterocycles. The van der Waals surface area contributed by atoms with Crippen molar-refractivity contribution in [1.29, 1.82) is 5.26 Å². The Balaban J connectivity index is 1.84. The molecule has 0 radical (unpaired) electrons. The van der Waals surface area contributed by atoms with Gasteiger partial charge in [0.2, 0.25) is 5.91 Å². The molecule has 2 amide bonds. The number of hydrogen-bond acceptors (Lipinski definition) is 3. The Labute approximate surface area is 140 Å². The average molecular weight is 319 g/mol. The van der Waals surface area contributed by atoms with E-state index in [-0.39, 0.29) is 11.8 Å². The highest BCUT2D eigenvalue weighted by molar-refractivity contribution is 6.05. The van der Waals surface area contributed by atoms with Gasteiger partial charge in [-0.05, 0) is 49.2 Å². The summed E-state index contributed by atoms with van der Waals surface area (Å²) in [6, 6.07) is 14.1. The van der Waals surface area contributed by atoms with Crippen LogP contribution in [0, 0.1) is 18.3 Å². The zero-order valence-corrected chi connectivity index (χ0v) is 13.4. The van der Waals surface area contributed by atoms with E-state index in [1.54, 1.807) is 29.2 Å². The normalized spacial score (nSPS) is 13.7. The summed E-state index contributed by atoms with van der Waals surface area (Å²) >= 11 is 0. The van der Waals surface area contributed by atoms with Crippen LogP contribution in [0.1, 0.15) is 34.3 Å². The monoisotopic (exact) mass is 319 g/mol. The van der Waals surface area contributed by atoms with Crippen LogP contribution in [0.2, 0.25) is 0 Å².